The van der Waals surface area contributed by atoms with E-state index in [1.54, 1.807) is 0 Å². The number of aliphatic hydroxyl groups is 1. The number of rotatable bonds is 2. The molecule has 0 aliphatic heterocycles. The fourth-order valence-corrected chi connectivity index (χ4v) is 0.0956. The van der Waals surface area contributed by atoms with E-state index >= 15 is 0 Å². The van der Waals surface area contributed by atoms with Crippen molar-refractivity contribution in [1.29, 1.82) is 0 Å². The van der Waals surface area contributed by atoms with Gasteiger partial charge in [-0.15, -0.1) is 0 Å². The Hall–Kier alpha value is 1.07. The number of aliphatic hydroxyl groups excluding tert-OH is 1. The molecule has 0 saturated carbocycles. The monoisotopic (exact) mass is 130 g/mol. The third-order valence-corrected chi connectivity index (χ3v) is 0.326. The molecular weight excluding hydrogens is 123 g/mol. The van der Waals surface area contributed by atoms with E-state index in [1.165, 1.54) is 0 Å². The van der Waals surface area contributed by atoms with Gasteiger partial charge in [0.1, 0.15) is 0 Å². The predicted octanol–water partition coefficient (Wildman–Crippen LogP) is -3.43. The number of aliphatic carboxylic acids is 1. The van der Waals surface area contributed by atoms with Gasteiger partial charge in [-0.2, -0.15) is 0 Å². The topological polar surface area (TPSA) is 57.5 Å². The van der Waals surface area contributed by atoms with Crippen LogP contribution in [0.1, 0.15) is 7.85 Å². The van der Waals surface area contributed by atoms with E-state index in [-0.39, 0.29) is 65.8 Å². The van der Waals surface area contributed by atoms with Gasteiger partial charge in [0.25, 0.3) is 0 Å². The Kier molecular flexibility index (Phi) is 11.0. The van der Waals surface area contributed by atoms with Gasteiger partial charge in [-0.05, 0) is 0 Å². The van der Waals surface area contributed by atoms with Gasteiger partial charge in [0, 0.05) is 0 Å². The van der Waals surface area contributed by atoms with Crippen LogP contribution in [0, 0.1) is 0 Å². The van der Waals surface area contributed by atoms with Gasteiger partial charge >= 0.3 is 57.4 Å². The molecule has 0 aliphatic carbocycles. The summed E-state index contributed by atoms with van der Waals surface area (Å²) in [4.78, 5) is 9.44. The predicted molar refractivity (Wildman–Crippen MR) is 20.5 cm³/mol. The molecule has 0 bridgehead atoms. The van der Waals surface area contributed by atoms with E-state index in [9.17, 15) is 4.79 Å². The first-order valence-electron chi connectivity index (χ1n) is 1.60. The quantitative estimate of drug-likeness (QED) is 0.383. The smallest absolute Gasteiger partial charge is 1.00 e. The van der Waals surface area contributed by atoms with Crippen LogP contribution in [-0.4, -0.2) is 22.8 Å². The zero-order chi connectivity index (χ0) is 4.99. The zero-order valence-corrected chi connectivity index (χ0v) is 7.34. The van der Waals surface area contributed by atoms with Gasteiger partial charge in [-0.25, -0.2) is 0 Å². The van der Waals surface area contributed by atoms with Crippen molar-refractivity contribution >= 4 is 5.97 Å². The van der Waals surface area contributed by atoms with E-state index < -0.39 is 5.97 Å². The molecule has 3 nitrogen and oxygen atoms in total. The van der Waals surface area contributed by atoms with Crippen molar-refractivity contribution in [1.82, 2.24) is 0 Å². The van der Waals surface area contributed by atoms with Crippen LogP contribution >= 0.6 is 0 Å². The van der Waals surface area contributed by atoms with Gasteiger partial charge < -0.3 is 11.6 Å². The van der Waals surface area contributed by atoms with Gasteiger partial charge in [0.15, 0.2) is 0 Å². The second kappa shape index (κ2) is 7.07. The minimum Gasteiger partial charge on any atom is -1.00 e. The second-order valence-electron chi connectivity index (χ2n) is 0.867. The minimum absolute atomic E-state index is 0. The largest absolute Gasteiger partial charge is 1.00 e. The fourth-order valence-electron chi connectivity index (χ4n) is 0.0956. The number of carboxylic acids is 1. The molecule has 4 heteroatoms. The van der Waals surface area contributed by atoms with Gasteiger partial charge in [0.05, 0.1) is 13.0 Å². The third kappa shape index (κ3) is 11.0. The van der Waals surface area contributed by atoms with Crippen LogP contribution in [-0.2, 0) is 4.79 Å². The number of carboxylic acid groups (broad SMARTS) is 1. The van der Waals surface area contributed by atoms with Crippen molar-refractivity contribution in [3.05, 3.63) is 0 Å². The van der Waals surface area contributed by atoms with Crippen LogP contribution in [0.5, 0.6) is 0 Å². The molecule has 0 saturated heterocycles. The summed E-state index contributed by atoms with van der Waals surface area (Å²) in [6, 6.07) is 0. The van der Waals surface area contributed by atoms with E-state index in [4.69, 9.17) is 10.2 Å². The molecular formula is C3H7KO3. The first kappa shape index (κ1) is 10.9. The molecule has 2 N–H and O–H groups in total. The molecule has 0 spiro atoms. The molecule has 38 valence electrons. The van der Waals surface area contributed by atoms with E-state index in [2.05, 4.69) is 0 Å². The Labute approximate surface area is 85.6 Å². The maximum Gasteiger partial charge on any atom is 1.00 e. The molecule has 0 amide bonds. The summed E-state index contributed by atoms with van der Waals surface area (Å²) in [6.07, 6.45) is -0.153. The molecule has 0 aromatic carbocycles. The summed E-state index contributed by atoms with van der Waals surface area (Å²) in [5, 5.41) is 15.6. The molecule has 0 heterocycles. The normalized spacial score (nSPS) is 7.00. The van der Waals surface area contributed by atoms with Crippen molar-refractivity contribution in [2.75, 3.05) is 6.61 Å². The van der Waals surface area contributed by atoms with Crippen LogP contribution in [0.25, 0.3) is 0 Å². The van der Waals surface area contributed by atoms with E-state index in [1.807, 2.05) is 0 Å². The number of hydrogen-bond acceptors (Lipinski definition) is 2. The molecule has 0 aromatic rings. The molecule has 0 fully saturated rings. The van der Waals surface area contributed by atoms with Gasteiger partial charge in [0.2, 0.25) is 0 Å². The Balaban J connectivity index is -0.000000125. The maximum absolute atomic E-state index is 9.44. The molecule has 0 aliphatic rings. The van der Waals surface area contributed by atoms with E-state index in [0.29, 0.717) is 0 Å². The molecule has 0 rings (SSSR count). The van der Waals surface area contributed by atoms with Gasteiger partial charge in [-0.1, -0.05) is 0 Å². The first-order chi connectivity index (χ1) is 2.77. The van der Waals surface area contributed by atoms with Crippen LogP contribution in [0.3, 0.4) is 0 Å². The molecule has 0 radical (unpaired) electrons. The van der Waals surface area contributed by atoms with Crippen molar-refractivity contribution in [3.8, 4) is 0 Å². The zero-order valence-electron chi connectivity index (χ0n) is 5.22. The van der Waals surface area contributed by atoms with Crippen LogP contribution in [0.2, 0.25) is 0 Å². The summed E-state index contributed by atoms with van der Waals surface area (Å²) in [6.45, 7) is -0.269. The third-order valence-electron chi connectivity index (χ3n) is 0.326. The maximum atomic E-state index is 9.44. The first-order valence-corrected chi connectivity index (χ1v) is 1.60. The number of hydrogen-bond donors (Lipinski definition) is 2. The Morgan fingerprint density at radius 1 is 1.71 bits per heavy atom. The molecule has 0 aromatic heterocycles. The van der Waals surface area contributed by atoms with Crippen molar-refractivity contribution in [3.63, 3.8) is 0 Å². The standard InChI is InChI=1S/C3H6O3.K.H/c4-2-1-3(5)6;;/h4H,1-2H2,(H,5,6);;/q;+1;-1. The molecule has 7 heavy (non-hydrogen) atoms. The van der Waals surface area contributed by atoms with Crippen molar-refractivity contribution < 1.29 is 67.8 Å². The number of carbonyl (C=O) groups is 1. The SMILES string of the molecule is O=C(O)CCO.[H-].[K+]. The summed E-state index contributed by atoms with van der Waals surface area (Å²) >= 11 is 0. The van der Waals surface area contributed by atoms with Crippen LogP contribution in [0.4, 0.5) is 0 Å². The van der Waals surface area contributed by atoms with E-state index in [0.717, 1.165) is 0 Å². The van der Waals surface area contributed by atoms with Crippen molar-refractivity contribution in [2.24, 2.45) is 0 Å². The Morgan fingerprint density at radius 2 is 2.14 bits per heavy atom. The fraction of sp³-hybridized carbons (Fsp3) is 0.667. The summed E-state index contributed by atoms with van der Waals surface area (Å²) in [5.74, 6) is -0.961. The molecule has 0 unspecified atom stereocenters. The average Bonchev–Trinajstić information content (AvgIpc) is 1.35. The second-order valence-corrected chi connectivity index (χ2v) is 0.867. The average molecular weight is 130 g/mol. The van der Waals surface area contributed by atoms with Crippen LogP contribution in [0.15, 0.2) is 0 Å². The van der Waals surface area contributed by atoms with Gasteiger partial charge in [-0.3, -0.25) is 4.79 Å². The van der Waals surface area contributed by atoms with Crippen molar-refractivity contribution in [2.45, 2.75) is 6.42 Å². The summed E-state index contributed by atoms with van der Waals surface area (Å²) < 4.78 is 0. The molecule has 0 atom stereocenters. The summed E-state index contributed by atoms with van der Waals surface area (Å²) in [7, 11) is 0. The minimum atomic E-state index is -0.961. The van der Waals surface area contributed by atoms with Crippen LogP contribution < -0.4 is 51.4 Å². The summed E-state index contributed by atoms with van der Waals surface area (Å²) in [5.41, 5.74) is 0. The Morgan fingerprint density at radius 3 is 2.14 bits per heavy atom. The Bertz CT molecular complexity index is 58.5.